The largest absolute Gasteiger partial charge is 0.342 e. The molecule has 0 aliphatic rings. The van der Waals surface area contributed by atoms with Gasteiger partial charge in [0.15, 0.2) is 11.5 Å². The molecule has 5 aromatic rings. The van der Waals surface area contributed by atoms with E-state index in [1.54, 1.807) is 75.4 Å². The molecule has 0 spiro atoms. The number of amides is 3. The second-order valence-corrected chi connectivity index (χ2v) is 10.4. The van der Waals surface area contributed by atoms with Crippen molar-refractivity contribution in [1.82, 2.24) is 25.7 Å². The van der Waals surface area contributed by atoms with Crippen molar-refractivity contribution in [1.29, 1.82) is 0 Å². The molecular formula is C27H24FN7O3S. The molecule has 0 aliphatic heterocycles. The lowest BCUT2D eigenvalue weighted by Gasteiger charge is -2.27. The van der Waals surface area contributed by atoms with E-state index >= 15 is 0 Å². The van der Waals surface area contributed by atoms with Gasteiger partial charge in [0.1, 0.15) is 10.6 Å². The third-order valence-corrected chi connectivity index (χ3v) is 7.08. The monoisotopic (exact) mass is 545 g/mol. The minimum atomic E-state index is -0.960. The molecule has 0 aliphatic carbocycles. The molecule has 0 radical (unpaired) electrons. The van der Waals surface area contributed by atoms with E-state index in [-0.39, 0.29) is 17.1 Å². The highest BCUT2D eigenvalue weighted by Gasteiger charge is 2.28. The maximum atomic E-state index is 14.3. The van der Waals surface area contributed by atoms with E-state index in [0.29, 0.717) is 26.3 Å². The molecule has 10 nitrogen and oxygen atoms in total. The summed E-state index contributed by atoms with van der Waals surface area (Å²) in [6.45, 7) is 5.22. The van der Waals surface area contributed by atoms with E-state index in [1.807, 2.05) is 0 Å². The van der Waals surface area contributed by atoms with Crippen LogP contribution in [-0.4, -0.2) is 38.1 Å². The maximum absolute atomic E-state index is 14.3. The Morgan fingerprint density at radius 3 is 2.38 bits per heavy atom. The zero-order valence-corrected chi connectivity index (χ0v) is 22.0. The average molecular weight is 546 g/mol. The Morgan fingerprint density at radius 1 is 0.897 bits per heavy atom. The molecule has 0 saturated carbocycles. The summed E-state index contributed by atoms with van der Waals surface area (Å²) < 4.78 is 14.3. The van der Waals surface area contributed by atoms with E-state index in [4.69, 9.17) is 0 Å². The third kappa shape index (κ3) is 5.27. The molecule has 0 unspecified atom stereocenters. The SMILES string of the molecule is Cc1cc(C(=O)Nc2ccccc2C(=O)Nc2n[nH]c3sc(C(=O)NC(C)(C)c4ccccc4F)cc23)n[nH]1. The molecular weight excluding hydrogens is 521 g/mol. The Balaban J connectivity index is 1.33. The molecule has 3 amide bonds. The van der Waals surface area contributed by atoms with Gasteiger partial charge in [0, 0.05) is 11.3 Å². The Labute approximate surface area is 226 Å². The molecule has 0 atom stereocenters. The van der Waals surface area contributed by atoms with E-state index in [2.05, 4.69) is 36.3 Å². The summed E-state index contributed by atoms with van der Waals surface area (Å²) in [6, 6.07) is 16.0. The molecule has 12 heteroatoms. The topological polar surface area (TPSA) is 145 Å². The van der Waals surface area contributed by atoms with Crippen molar-refractivity contribution >= 4 is 50.8 Å². The van der Waals surface area contributed by atoms with Crippen molar-refractivity contribution in [2.75, 3.05) is 10.6 Å². The molecule has 3 heterocycles. The predicted molar refractivity (Wildman–Crippen MR) is 147 cm³/mol. The van der Waals surface area contributed by atoms with Crippen molar-refractivity contribution < 1.29 is 18.8 Å². The normalized spacial score (nSPS) is 11.4. The van der Waals surface area contributed by atoms with Crippen molar-refractivity contribution in [3.8, 4) is 0 Å². The first-order valence-corrected chi connectivity index (χ1v) is 12.7. The fraction of sp³-hybridized carbons (Fsp3) is 0.148. The molecule has 198 valence electrons. The lowest BCUT2D eigenvalue weighted by atomic mass is 9.93. The number of H-pyrrole nitrogens is 2. The number of hydrogen-bond acceptors (Lipinski definition) is 6. The van der Waals surface area contributed by atoms with Crippen LogP contribution in [0.15, 0.2) is 60.7 Å². The standard InChI is InChI=1S/C27H24FN7O3S/c1-14-12-20(33-32-14)24(37)29-19-11-7-4-8-15(19)23(36)30-22-16-13-21(39-26(16)35-34-22)25(38)31-27(2,3)17-9-5-6-10-18(17)28/h4-13H,1-3H3,(H,29,37)(H,31,38)(H,32,33)(H2,30,34,35,36). The number of aromatic amines is 2. The van der Waals surface area contributed by atoms with E-state index in [9.17, 15) is 18.8 Å². The van der Waals surface area contributed by atoms with Gasteiger partial charge in [-0.1, -0.05) is 30.3 Å². The number of thiophene rings is 1. The number of halogens is 1. The molecule has 0 saturated heterocycles. The van der Waals surface area contributed by atoms with Gasteiger partial charge in [-0.15, -0.1) is 11.3 Å². The van der Waals surface area contributed by atoms with Gasteiger partial charge in [-0.3, -0.25) is 24.6 Å². The number of aryl methyl sites for hydroxylation is 1. The molecule has 2 aromatic carbocycles. The van der Waals surface area contributed by atoms with Gasteiger partial charge in [-0.2, -0.15) is 10.2 Å². The van der Waals surface area contributed by atoms with Crippen LogP contribution in [0.1, 0.15) is 55.6 Å². The van der Waals surface area contributed by atoms with Gasteiger partial charge in [-0.25, -0.2) is 4.39 Å². The number of aromatic nitrogens is 4. The van der Waals surface area contributed by atoms with Crippen molar-refractivity contribution in [3.63, 3.8) is 0 Å². The molecule has 0 fully saturated rings. The van der Waals surface area contributed by atoms with Crippen LogP contribution in [0.25, 0.3) is 10.2 Å². The summed E-state index contributed by atoms with van der Waals surface area (Å²) in [5.74, 6) is -1.55. The Morgan fingerprint density at radius 2 is 1.64 bits per heavy atom. The first-order valence-electron chi connectivity index (χ1n) is 11.9. The lowest BCUT2D eigenvalue weighted by Crippen LogP contribution is -2.41. The van der Waals surface area contributed by atoms with Crippen LogP contribution in [0.5, 0.6) is 0 Å². The number of nitrogens with zero attached hydrogens (tertiary/aromatic N) is 2. The zero-order chi connectivity index (χ0) is 27.7. The third-order valence-electron chi connectivity index (χ3n) is 6.04. The second kappa shape index (κ2) is 10.1. The zero-order valence-electron chi connectivity index (χ0n) is 21.2. The summed E-state index contributed by atoms with van der Waals surface area (Å²) in [6.07, 6.45) is 0. The Bertz CT molecular complexity index is 1720. The van der Waals surface area contributed by atoms with Gasteiger partial charge in [0.05, 0.1) is 27.1 Å². The number of carbonyl (C=O) groups is 3. The minimum Gasteiger partial charge on any atom is -0.342 e. The van der Waals surface area contributed by atoms with Crippen molar-refractivity contribution in [2.45, 2.75) is 26.3 Å². The van der Waals surface area contributed by atoms with Gasteiger partial charge in [-0.05, 0) is 51.1 Å². The number of carbonyl (C=O) groups excluding carboxylic acids is 3. The van der Waals surface area contributed by atoms with Crippen LogP contribution in [-0.2, 0) is 5.54 Å². The van der Waals surface area contributed by atoms with Gasteiger partial charge in [0.25, 0.3) is 17.7 Å². The summed E-state index contributed by atoms with van der Waals surface area (Å²) in [4.78, 5) is 39.7. The average Bonchev–Trinajstić information content (AvgIpc) is 3.61. The highest BCUT2D eigenvalue weighted by atomic mass is 32.1. The number of nitrogens with one attached hydrogen (secondary N) is 5. The second-order valence-electron chi connectivity index (χ2n) is 9.37. The highest BCUT2D eigenvalue weighted by molar-refractivity contribution is 7.20. The van der Waals surface area contributed by atoms with Crippen LogP contribution >= 0.6 is 11.3 Å². The summed E-state index contributed by atoms with van der Waals surface area (Å²) in [5, 5.41) is 22.5. The van der Waals surface area contributed by atoms with Crippen LogP contribution in [0, 0.1) is 12.7 Å². The predicted octanol–water partition coefficient (Wildman–Crippen LogP) is 4.96. The molecule has 5 rings (SSSR count). The number of rotatable bonds is 7. The first kappa shape index (κ1) is 25.8. The lowest BCUT2D eigenvalue weighted by molar-refractivity contribution is 0.0913. The van der Waals surface area contributed by atoms with E-state index in [1.165, 1.54) is 6.07 Å². The summed E-state index contributed by atoms with van der Waals surface area (Å²) in [7, 11) is 0. The quantitative estimate of drug-likeness (QED) is 0.196. The minimum absolute atomic E-state index is 0.194. The van der Waals surface area contributed by atoms with Crippen LogP contribution < -0.4 is 16.0 Å². The number of para-hydroxylation sites is 1. The summed E-state index contributed by atoms with van der Waals surface area (Å²) in [5.41, 5.74) is 0.843. The van der Waals surface area contributed by atoms with E-state index in [0.717, 1.165) is 17.0 Å². The van der Waals surface area contributed by atoms with Crippen molar-refractivity contribution in [2.24, 2.45) is 0 Å². The Hall–Kier alpha value is -4.84. The van der Waals surface area contributed by atoms with Crippen LogP contribution in [0.2, 0.25) is 0 Å². The molecule has 39 heavy (non-hydrogen) atoms. The first-order chi connectivity index (χ1) is 18.6. The van der Waals surface area contributed by atoms with Gasteiger partial charge in [0.2, 0.25) is 0 Å². The number of anilines is 2. The Kier molecular flexibility index (Phi) is 6.71. The van der Waals surface area contributed by atoms with Crippen LogP contribution in [0.4, 0.5) is 15.9 Å². The smallest absolute Gasteiger partial charge is 0.276 e. The molecule has 3 aromatic heterocycles. The molecule has 0 bridgehead atoms. The fourth-order valence-electron chi connectivity index (χ4n) is 4.09. The van der Waals surface area contributed by atoms with Crippen LogP contribution in [0.3, 0.4) is 0 Å². The van der Waals surface area contributed by atoms with E-state index < -0.39 is 29.1 Å². The number of fused-ring (bicyclic) bond motifs is 1. The highest BCUT2D eigenvalue weighted by Crippen LogP contribution is 2.31. The number of benzene rings is 2. The van der Waals surface area contributed by atoms with Crippen molar-refractivity contribution in [3.05, 3.63) is 93.9 Å². The van der Waals surface area contributed by atoms with Gasteiger partial charge < -0.3 is 16.0 Å². The fourth-order valence-corrected chi connectivity index (χ4v) is 4.99. The number of hydrogen-bond donors (Lipinski definition) is 5. The maximum Gasteiger partial charge on any atom is 0.276 e. The summed E-state index contributed by atoms with van der Waals surface area (Å²) >= 11 is 1.16. The molecule has 5 N–H and O–H groups in total. The van der Waals surface area contributed by atoms with Gasteiger partial charge >= 0.3 is 0 Å².